The molecule has 1 aliphatic heterocycles. The van der Waals surface area contributed by atoms with E-state index < -0.39 is 0 Å². The number of carbonyl (C=O) groups excluding carboxylic acids is 1. The maximum absolute atomic E-state index is 12.3. The van der Waals surface area contributed by atoms with Crippen molar-refractivity contribution in [3.05, 3.63) is 65.5 Å². The van der Waals surface area contributed by atoms with Gasteiger partial charge < -0.3 is 9.42 Å². The Labute approximate surface area is 143 Å². The van der Waals surface area contributed by atoms with Crippen LogP contribution in [-0.4, -0.2) is 22.6 Å². The van der Waals surface area contributed by atoms with Crippen LogP contribution in [0, 0.1) is 0 Å². The summed E-state index contributed by atoms with van der Waals surface area (Å²) in [5, 5.41) is 4.64. The molecule has 1 aliphatic rings. The zero-order valence-corrected chi connectivity index (χ0v) is 13.5. The molecule has 6 heteroatoms. The average Bonchev–Trinajstić information content (AvgIpc) is 3.22. The second-order valence-electron chi connectivity index (χ2n) is 5.71. The highest BCUT2D eigenvalue weighted by molar-refractivity contribution is 6.30. The van der Waals surface area contributed by atoms with Crippen molar-refractivity contribution >= 4 is 23.2 Å². The first-order valence-corrected chi connectivity index (χ1v) is 8.03. The minimum atomic E-state index is -0.0989. The number of aromatic nitrogens is 2. The van der Waals surface area contributed by atoms with Gasteiger partial charge in [-0.2, -0.15) is 4.98 Å². The minimum Gasteiger partial charge on any atom is -0.339 e. The van der Waals surface area contributed by atoms with Crippen LogP contribution in [0.3, 0.4) is 0 Å². The Morgan fingerprint density at radius 2 is 1.96 bits per heavy atom. The zero-order valence-electron chi connectivity index (χ0n) is 12.7. The number of para-hydroxylation sites is 1. The Hall–Kier alpha value is -2.66. The molecule has 1 saturated heterocycles. The smallest absolute Gasteiger partial charge is 0.232 e. The number of halogens is 1. The fourth-order valence-electron chi connectivity index (χ4n) is 2.88. The van der Waals surface area contributed by atoms with Gasteiger partial charge in [-0.3, -0.25) is 4.79 Å². The van der Waals surface area contributed by atoms with Crippen molar-refractivity contribution in [3.63, 3.8) is 0 Å². The molecule has 1 fully saturated rings. The van der Waals surface area contributed by atoms with Crippen molar-refractivity contribution < 1.29 is 9.32 Å². The van der Waals surface area contributed by atoms with E-state index in [0.29, 0.717) is 29.7 Å². The molecule has 120 valence electrons. The first-order valence-electron chi connectivity index (χ1n) is 7.65. The number of rotatable bonds is 3. The molecule has 3 aromatic rings. The van der Waals surface area contributed by atoms with E-state index in [9.17, 15) is 4.79 Å². The van der Waals surface area contributed by atoms with Gasteiger partial charge in [0.05, 0.1) is 5.92 Å². The summed E-state index contributed by atoms with van der Waals surface area (Å²) in [5.74, 6) is 0.932. The van der Waals surface area contributed by atoms with Crippen LogP contribution in [0.1, 0.15) is 18.2 Å². The highest BCUT2D eigenvalue weighted by atomic mass is 35.5. The molecular weight excluding hydrogens is 326 g/mol. The van der Waals surface area contributed by atoms with Crippen molar-refractivity contribution in [1.29, 1.82) is 0 Å². The maximum atomic E-state index is 12.3. The molecule has 24 heavy (non-hydrogen) atoms. The third-order valence-corrected chi connectivity index (χ3v) is 4.30. The number of hydrogen-bond acceptors (Lipinski definition) is 4. The van der Waals surface area contributed by atoms with Crippen LogP contribution >= 0.6 is 11.6 Å². The number of nitrogens with zero attached hydrogens (tertiary/aromatic N) is 3. The van der Waals surface area contributed by atoms with Crippen LogP contribution in [0.5, 0.6) is 0 Å². The van der Waals surface area contributed by atoms with Crippen LogP contribution in [0.25, 0.3) is 11.4 Å². The van der Waals surface area contributed by atoms with Crippen LogP contribution in [0.4, 0.5) is 5.69 Å². The van der Waals surface area contributed by atoms with E-state index in [1.54, 1.807) is 17.0 Å². The van der Waals surface area contributed by atoms with E-state index in [1.165, 1.54) is 0 Å². The van der Waals surface area contributed by atoms with E-state index in [2.05, 4.69) is 10.1 Å². The zero-order chi connectivity index (χ0) is 16.5. The van der Waals surface area contributed by atoms with Gasteiger partial charge in [-0.05, 0) is 24.3 Å². The van der Waals surface area contributed by atoms with E-state index in [4.69, 9.17) is 16.1 Å². The van der Waals surface area contributed by atoms with E-state index >= 15 is 0 Å². The topological polar surface area (TPSA) is 59.2 Å². The van der Waals surface area contributed by atoms with E-state index in [0.717, 1.165) is 11.3 Å². The van der Waals surface area contributed by atoms with Gasteiger partial charge in [0.2, 0.25) is 17.6 Å². The molecule has 0 aliphatic carbocycles. The summed E-state index contributed by atoms with van der Waals surface area (Å²) >= 11 is 6.00. The Morgan fingerprint density at radius 3 is 2.75 bits per heavy atom. The highest BCUT2D eigenvalue weighted by Gasteiger charge is 2.35. The lowest BCUT2D eigenvalue weighted by Crippen LogP contribution is -2.24. The monoisotopic (exact) mass is 339 g/mol. The number of anilines is 1. The van der Waals surface area contributed by atoms with Crippen LogP contribution in [0.15, 0.2) is 59.1 Å². The average molecular weight is 340 g/mol. The third-order valence-electron chi connectivity index (χ3n) is 4.07. The molecule has 1 atom stereocenters. The van der Waals surface area contributed by atoms with Gasteiger partial charge in [-0.1, -0.05) is 47.1 Å². The van der Waals surface area contributed by atoms with Crippen molar-refractivity contribution in [2.24, 2.45) is 0 Å². The van der Waals surface area contributed by atoms with Gasteiger partial charge in [0.1, 0.15) is 0 Å². The lowest BCUT2D eigenvalue weighted by Gasteiger charge is -2.15. The highest BCUT2D eigenvalue weighted by Crippen LogP contribution is 2.32. The molecule has 5 nitrogen and oxygen atoms in total. The summed E-state index contributed by atoms with van der Waals surface area (Å²) in [6.45, 7) is 0.542. The summed E-state index contributed by atoms with van der Waals surface area (Å²) in [4.78, 5) is 18.5. The lowest BCUT2D eigenvalue weighted by molar-refractivity contribution is -0.117. The third kappa shape index (κ3) is 2.78. The summed E-state index contributed by atoms with van der Waals surface area (Å²) in [5.41, 5.74) is 1.68. The van der Waals surface area contributed by atoms with E-state index in [1.807, 2.05) is 42.5 Å². The predicted molar refractivity (Wildman–Crippen MR) is 90.9 cm³/mol. The van der Waals surface area contributed by atoms with Gasteiger partial charge in [0, 0.05) is 29.2 Å². The molecule has 2 aromatic carbocycles. The molecule has 1 amide bonds. The summed E-state index contributed by atoms with van der Waals surface area (Å²) in [6, 6.07) is 16.9. The Balaban J connectivity index is 1.57. The normalized spacial score (nSPS) is 17.5. The minimum absolute atomic E-state index is 0.0636. The lowest BCUT2D eigenvalue weighted by atomic mass is 10.1. The fourth-order valence-corrected chi connectivity index (χ4v) is 3.07. The predicted octanol–water partition coefficient (Wildman–Crippen LogP) is 3.91. The van der Waals surface area contributed by atoms with Crippen molar-refractivity contribution in [1.82, 2.24) is 10.1 Å². The van der Waals surface area contributed by atoms with Crippen LogP contribution in [0.2, 0.25) is 5.02 Å². The van der Waals surface area contributed by atoms with Gasteiger partial charge in [-0.15, -0.1) is 0 Å². The summed E-state index contributed by atoms with van der Waals surface area (Å²) < 4.78 is 5.39. The molecule has 1 aromatic heterocycles. The first kappa shape index (κ1) is 14.9. The number of benzene rings is 2. The molecule has 0 saturated carbocycles. The number of hydrogen-bond donors (Lipinski definition) is 0. The fraction of sp³-hybridized carbons (Fsp3) is 0.167. The van der Waals surface area contributed by atoms with Crippen LogP contribution in [-0.2, 0) is 4.79 Å². The molecule has 0 unspecified atom stereocenters. The first-order chi connectivity index (χ1) is 11.7. The molecule has 0 spiro atoms. The molecule has 2 heterocycles. The van der Waals surface area contributed by atoms with Gasteiger partial charge in [0.15, 0.2) is 0 Å². The molecule has 4 rings (SSSR count). The maximum Gasteiger partial charge on any atom is 0.232 e. The van der Waals surface area contributed by atoms with Gasteiger partial charge in [-0.25, -0.2) is 0 Å². The second-order valence-corrected chi connectivity index (χ2v) is 6.14. The van der Waals surface area contributed by atoms with Gasteiger partial charge in [0.25, 0.3) is 0 Å². The van der Waals surface area contributed by atoms with Crippen molar-refractivity contribution in [2.75, 3.05) is 11.4 Å². The largest absolute Gasteiger partial charge is 0.339 e. The molecule has 0 N–H and O–H groups in total. The summed E-state index contributed by atoms with van der Waals surface area (Å²) in [6.07, 6.45) is 0.367. The standard InChI is InChI=1S/C18H14ClN3O2/c19-14-6-4-5-12(9-14)17-20-18(24-21-17)13-10-16(23)22(11-13)15-7-2-1-3-8-15/h1-9,13H,10-11H2/t13-/m1/s1. The Kier molecular flexibility index (Phi) is 3.78. The number of amides is 1. The second kappa shape index (κ2) is 6.09. The number of carbonyl (C=O) groups is 1. The van der Waals surface area contributed by atoms with Crippen molar-refractivity contribution in [2.45, 2.75) is 12.3 Å². The molecular formula is C18H14ClN3O2. The summed E-state index contributed by atoms with van der Waals surface area (Å²) in [7, 11) is 0. The van der Waals surface area contributed by atoms with Crippen molar-refractivity contribution in [3.8, 4) is 11.4 Å². The molecule has 0 bridgehead atoms. The van der Waals surface area contributed by atoms with E-state index in [-0.39, 0.29) is 11.8 Å². The quantitative estimate of drug-likeness (QED) is 0.726. The Bertz CT molecular complexity index is 879. The van der Waals surface area contributed by atoms with Gasteiger partial charge >= 0.3 is 0 Å². The molecule has 0 radical (unpaired) electrons. The SMILES string of the molecule is O=C1C[C@@H](c2nc(-c3cccc(Cl)c3)no2)CN1c1ccccc1. The Morgan fingerprint density at radius 1 is 1.12 bits per heavy atom. The van der Waals surface area contributed by atoms with Crippen LogP contribution < -0.4 is 4.90 Å².